The summed E-state index contributed by atoms with van der Waals surface area (Å²) in [6, 6.07) is 4.65. The number of halogens is 1. The molecule has 0 aliphatic heterocycles. The molecule has 1 rings (SSSR count). The van der Waals surface area contributed by atoms with Crippen LogP contribution in [0.2, 0.25) is 0 Å². The van der Waals surface area contributed by atoms with E-state index >= 15 is 0 Å². The van der Waals surface area contributed by atoms with Crippen LogP contribution in [0.5, 0.6) is 0 Å². The van der Waals surface area contributed by atoms with Gasteiger partial charge in [0.25, 0.3) is 0 Å². The van der Waals surface area contributed by atoms with Gasteiger partial charge in [-0.1, -0.05) is 0 Å². The fourth-order valence-corrected chi connectivity index (χ4v) is 1.05. The largest absolute Gasteiger partial charge is 0.465 e. The third kappa shape index (κ3) is 2.90. The zero-order valence-electron chi connectivity index (χ0n) is 7.69. The average molecular weight is 218 g/mol. The molecule has 0 fully saturated rings. The predicted octanol–water partition coefficient (Wildman–Crippen LogP) is 0.970. The average Bonchev–Trinajstić information content (AvgIpc) is 2.15. The maximum Gasteiger partial charge on any atom is 0.337 e. The molecule has 14 heavy (non-hydrogen) atoms. The monoisotopic (exact) mass is 217 g/mol. The summed E-state index contributed by atoms with van der Waals surface area (Å²) in [5, 5.41) is 8.83. The Morgan fingerprint density at radius 3 is 2.64 bits per heavy atom. The minimum absolute atomic E-state index is 0. The Morgan fingerprint density at radius 1 is 1.50 bits per heavy atom. The van der Waals surface area contributed by atoms with E-state index in [4.69, 9.17) is 10.8 Å². The van der Waals surface area contributed by atoms with E-state index in [0.717, 1.165) is 0 Å². The second-order valence-electron chi connectivity index (χ2n) is 2.61. The maximum atomic E-state index is 11.1. The third-order valence-corrected chi connectivity index (χ3v) is 1.62. The molecule has 0 atom stereocenters. The number of esters is 1. The molecule has 0 unspecified atom stereocenters. The standard InChI is InChI=1S/C9H11NO3.ClH/c1-13-9(12)7-2-6(5-11)3-8(10)4-7;/h2-4,11H,5,10H2,1H3;1H. The third-order valence-electron chi connectivity index (χ3n) is 1.62. The number of aliphatic hydroxyl groups excluding tert-OH is 1. The van der Waals surface area contributed by atoms with Gasteiger partial charge < -0.3 is 15.6 Å². The van der Waals surface area contributed by atoms with Crippen molar-refractivity contribution in [3.05, 3.63) is 29.3 Å². The summed E-state index contributed by atoms with van der Waals surface area (Å²) in [4.78, 5) is 11.1. The van der Waals surface area contributed by atoms with Gasteiger partial charge in [0.1, 0.15) is 0 Å². The van der Waals surface area contributed by atoms with Gasteiger partial charge in [0.05, 0.1) is 19.3 Å². The molecule has 4 nitrogen and oxygen atoms in total. The summed E-state index contributed by atoms with van der Waals surface area (Å²) in [6.45, 7) is -0.144. The minimum Gasteiger partial charge on any atom is -0.465 e. The lowest BCUT2D eigenvalue weighted by Gasteiger charge is -2.03. The summed E-state index contributed by atoms with van der Waals surface area (Å²) in [5.74, 6) is -0.456. The van der Waals surface area contributed by atoms with Gasteiger partial charge in [-0.05, 0) is 23.8 Å². The molecule has 5 heteroatoms. The van der Waals surface area contributed by atoms with Gasteiger partial charge in [-0.15, -0.1) is 12.4 Å². The maximum absolute atomic E-state index is 11.1. The van der Waals surface area contributed by atoms with E-state index in [1.807, 2.05) is 0 Å². The van der Waals surface area contributed by atoms with E-state index in [1.165, 1.54) is 13.2 Å². The van der Waals surface area contributed by atoms with Crippen molar-refractivity contribution in [1.82, 2.24) is 0 Å². The molecule has 1 aromatic carbocycles. The number of nitrogen functional groups attached to an aromatic ring is 1. The number of nitrogens with two attached hydrogens (primary N) is 1. The number of ether oxygens (including phenoxy) is 1. The highest BCUT2D eigenvalue weighted by Gasteiger charge is 2.06. The summed E-state index contributed by atoms with van der Waals surface area (Å²) in [5.41, 5.74) is 6.90. The molecule has 0 saturated carbocycles. The number of anilines is 1. The van der Waals surface area contributed by atoms with E-state index in [9.17, 15) is 4.79 Å². The normalized spacial score (nSPS) is 9.00. The van der Waals surface area contributed by atoms with Crippen LogP contribution in [-0.4, -0.2) is 18.2 Å². The fraction of sp³-hybridized carbons (Fsp3) is 0.222. The van der Waals surface area contributed by atoms with Crippen molar-refractivity contribution >= 4 is 24.1 Å². The summed E-state index contributed by atoms with van der Waals surface area (Å²) >= 11 is 0. The molecular formula is C9H12ClNO3. The lowest BCUT2D eigenvalue weighted by atomic mass is 10.1. The van der Waals surface area contributed by atoms with E-state index in [0.29, 0.717) is 16.8 Å². The van der Waals surface area contributed by atoms with E-state index < -0.39 is 5.97 Å². The molecule has 0 bridgehead atoms. The Bertz CT molecular complexity index is 328. The first-order valence-corrected chi connectivity index (χ1v) is 3.76. The van der Waals surface area contributed by atoms with Crippen LogP contribution in [0, 0.1) is 0 Å². The zero-order chi connectivity index (χ0) is 9.84. The minimum atomic E-state index is -0.456. The number of hydrogen-bond acceptors (Lipinski definition) is 4. The van der Waals surface area contributed by atoms with E-state index in [-0.39, 0.29) is 19.0 Å². The van der Waals surface area contributed by atoms with Crippen molar-refractivity contribution in [2.45, 2.75) is 6.61 Å². The molecule has 0 spiro atoms. The first kappa shape index (κ1) is 12.7. The number of benzene rings is 1. The van der Waals surface area contributed by atoms with Crippen LogP contribution in [0.3, 0.4) is 0 Å². The summed E-state index contributed by atoms with van der Waals surface area (Å²) in [6.07, 6.45) is 0. The van der Waals surface area contributed by atoms with Crippen LogP contribution in [0.25, 0.3) is 0 Å². The Hall–Kier alpha value is -1.26. The SMILES string of the molecule is COC(=O)c1cc(N)cc(CO)c1.Cl. The summed E-state index contributed by atoms with van der Waals surface area (Å²) in [7, 11) is 1.30. The van der Waals surface area contributed by atoms with Crippen molar-refractivity contribution in [3.63, 3.8) is 0 Å². The lowest BCUT2D eigenvalue weighted by Crippen LogP contribution is -2.03. The van der Waals surface area contributed by atoms with Crippen molar-refractivity contribution < 1.29 is 14.6 Å². The van der Waals surface area contributed by atoms with Crippen molar-refractivity contribution in [2.24, 2.45) is 0 Å². The first-order valence-electron chi connectivity index (χ1n) is 3.76. The van der Waals surface area contributed by atoms with Crippen LogP contribution in [0.15, 0.2) is 18.2 Å². The molecular weight excluding hydrogens is 206 g/mol. The molecule has 0 aliphatic carbocycles. The predicted molar refractivity (Wildman–Crippen MR) is 55.4 cm³/mol. The van der Waals surface area contributed by atoms with Gasteiger partial charge in [-0.3, -0.25) is 0 Å². The van der Waals surface area contributed by atoms with Crippen LogP contribution >= 0.6 is 12.4 Å². The Kier molecular flexibility index (Phi) is 4.97. The van der Waals surface area contributed by atoms with Crippen LogP contribution < -0.4 is 5.73 Å². The van der Waals surface area contributed by atoms with Gasteiger partial charge >= 0.3 is 5.97 Å². The molecule has 1 aromatic rings. The van der Waals surface area contributed by atoms with Gasteiger partial charge in [0, 0.05) is 5.69 Å². The number of aliphatic hydroxyl groups is 1. The fourth-order valence-electron chi connectivity index (χ4n) is 1.05. The number of carbonyl (C=O) groups is 1. The van der Waals surface area contributed by atoms with Crippen LogP contribution in [-0.2, 0) is 11.3 Å². The highest BCUT2D eigenvalue weighted by molar-refractivity contribution is 5.90. The first-order chi connectivity index (χ1) is 6.17. The quantitative estimate of drug-likeness (QED) is 0.572. The van der Waals surface area contributed by atoms with Crippen molar-refractivity contribution in [1.29, 1.82) is 0 Å². The van der Waals surface area contributed by atoms with Gasteiger partial charge in [-0.25, -0.2) is 4.79 Å². The number of carbonyl (C=O) groups excluding carboxylic acids is 1. The van der Waals surface area contributed by atoms with Crippen LogP contribution in [0.4, 0.5) is 5.69 Å². The number of rotatable bonds is 2. The zero-order valence-corrected chi connectivity index (χ0v) is 8.50. The van der Waals surface area contributed by atoms with E-state index in [1.54, 1.807) is 12.1 Å². The topological polar surface area (TPSA) is 72.5 Å². The van der Waals surface area contributed by atoms with Gasteiger partial charge in [-0.2, -0.15) is 0 Å². The lowest BCUT2D eigenvalue weighted by molar-refractivity contribution is 0.0600. The van der Waals surface area contributed by atoms with Crippen LogP contribution in [0.1, 0.15) is 15.9 Å². The Morgan fingerprint density at radius 2 is 2.14 bits per heavy atom. The number of methoxy groups -OCH3 is 1. The molecule has 3 N–H and O–H groups in total. The molecule has 78 valence electrons. The van der Waals surface area contributed by atoms with Crippen molar-refractivity contribution in [2.75, 3.05) is 12.8 Å². The smallest absolute Gasteiger partial charge is 0.337 e. The second kappa shape index (κ2) is 5.47. The van der Waals surface area contributed by atoms with E-state index in [2.05, 4.69) is 4.74 Å². The van der Waals surface area contributed by atoms with Gasteiger partial charge in [0.15, 0.2) is 0 Å². The molecule has 0 heterocycles. The van der Waals surface area contributed by atoms with Gasteiger partial charge in [0.2, 0.25) is 0 Å². The highest BCUT2D eigenvalue weighted by Crippen LogP contribution is 2.12. The molecule has 0 amide bonds. The Balaban J connectivity index is 0.00000169. The van der Waals surface area contributed by atoms with Crippen molar-refractivity contribution in [3.8, 4) is 0 Å². The molecule has 0 aromatic heterocycles. The molecule has 0 saturated heterocycles. The molecule has 0 radical (unpaired) electrons. The highest BCUT2D eigenvalue weighted by atomic mass is 35.5. The Labute approximate surface area is 88.1 Å². The number of hydrogen-bond donors (Lipinski definition) is 2. The molecule has 0 aliphatic rings. The second-order valence-corrected chi connectivity index (χ2v) is 2.61. The summed E-state index contributed by atoms with van der Waals surface area (Å²) < 4.78 is 4.51.